The van der Waals surface area contributed by atoms with Crippen LogP contribution in [0.1, 0.15) is 18.5 Å². The highest BCUT2D eigenvalue weighted by molar-refractivity contribution is 7.20. The Morgan fingerprint density at radius 1 is 1.24 bits per heavy atom. The van der Waals surface area contributed by atoms with Gasteiger partial charge in [0.05, 0.1) is 20.4 Å². The molecule has 0 bridgehead atoms. The highest BCUT2D eigenvalue weighted by Gasteiger charge is 2.13. The standard InChI is InChI=1S/C15H13Cl2N3S/c1-9(12-8-14(16)21-15(12)17)19-11-4-2-3-10(7-11)13-5-6-18-20-13/h2-9,19H,1H3,(H,18,20). The second-order valence-electron chi connectivity index (χ2n) is 4.70. The minimum atomic E-state index is 0.0817. The van der Waals surface area contributed by atoms with Crippen LogP contribution in [0, 0.1) is 0 Å². The minimum absolute atomic E-state index is 0.0817. The van der Waals surface area contributed by atoms with Crippen molar-refractivity contribution in [3.05, 3.63) is 56.8 Å². The number of H-pyrrole nitrogens is 1. The van der Waals surface area contributed by atoms with Crippen LogP contribution in [-0.2, 0) is 0 Å². The molecule has 2 heterocycles. The van der Waals surface area contributed by atoms with E-state index in [0.29, 0.717) is 4.34 Å². The van der Waals surface area contributed by atoms with Gasteiger partial charge in [-0.05, 0) is 31.2 Å². The molecule has 0 radical (unpaired) electrons. The first kappa shape index (κ1) is 14.4. The Labute approximate surface area is 136 Å². The molecule has 1 aromatic carbocycles. The summed E-state index contributed by atoms with van der Waals surface area (Å²) in [6.45, 7) is 2.06. The van der Waals surface area contributed by atoms with Gasteiger partial charge in [0, 0.05) is 23.0 Å². The average molecular weight is 338 g/mol. The Morgan fingerprint density at radius 2 is 2.10 bits per heavy atom. The Balaban J connectivity index is 1.82. The van der Waals surface area contributed by atoms with Gasteiger partial charge in [0.1, 0.15) is 0 Å². The number of benzene rings is 1. The Kier molecular flexibility index (Phi) is 4.19. The van der Waals surface area contributed by atoms with Crippen LogP contribution in [0.2, 0.25) is 8.67 Å². The molecule has 3 aromatic rings. The lowest BCUT2D eigenvalue weighted by molar-refractivity contribution is 0.891. The predicted octanol–water partition coefficient (Wildman–Crippen LogP) is 5.62. The predicted molar refractivity (Wildman–Crippen MR) is 90.4 cm³/mol. The Morgan fingerprint density at radius 3 is 2.76 bits per heavy atom. The number of rotatable bonds is 4. The van der Waals surface area contributed by atoms with E-state index in [1.54, 1.807) is 6.20 Å². The first-order valence-electron chi connectivity index (χ1n) is 6.44. The molecule has 108 valence electrons. The second kappa shape index (κ2) is 6.10. The van der Waals surface area contributed by atoms with Gasteiger partial charge in [-0.3, -0.25) is 5.10 Å². The van der Waals surface area contributed by atoms with Gasteiger partial charge >= 0.3 is 0 Å². The van der Waals surface area contributed by atoms with E-state index >= 15 is 0 Å². The largest absolute Gasteiger partial charge is 0.378 e. The third-order valence-electron chi connectivity index (χ3n) is 3.21. The van der Waals surface area contributed by atoms with Crippen LogP contribution in [0.4, 0.5) is 5.69 Å². The fraction of sp³-hybridized carbons (Fsp3) is 0.133. The SMILES string of the molecule is CC(Nc1cccc(-c2ccn[nH]2)c1)c1cc(Cl)sc1Cl. The molecule has 0 aliphatic heterocycles. The molecule has 0 aliphatic rings. The van der Waals surface area contributed by atoms with Crippen molar-refractivity contribution in [1.82, 2.24) is 10.2 Å². The molecule has 3 nitrogen and oxygen atoms in total. The summed E-state index contributed by atoms with van der Waals surface area (Å²) in [5.74, 6) is 0. The van der Waals surface area contributed by atoms with Crippen LogP contribution in [0.5, 0.6) is 0 Å². The van der Waals surface area contributed by atoms with Crippen LogP contribution in [0.25, 0.3) is 11.3 Å². The zero-order valence-electron chi connectivity index (χ0n) is 11.2. The van der Waals surface area contributed by atoms with Crippen LogP contribution < -0.4 is 5.32 Å². The number of aromatic nitrogens is 2. The Hall–Kier alpha value is -1.49. The number of thiophene rings is 1. The lowest BCUT2D eigenvalue weighted by atomic mass is 10.1. The van der Waals surface area contributed by atoms with Crippen molar-refractivity contribution < 1.29 is 0 Å². The van der Waals surface area contributed by atoms with E-state index in [1.807, 2.05) is 30.3 Å². The first-order chi connectivity index (χ1) is 10.1. The van der Waals surface area contributed by atoms with E-state index < -0.39 is 0 Å². The number of hydrogen-bond acceptors (Lipinski definition) is 3. The summed E-state index contributed by atoms with van der Waals surface area (Å²) < 4.78 is 1.43. The van der Waals surface area contributed by atoms with Crippen molar-refractivity contribution in [1.29, 1.82) is 0 Å². The van der Waals surface area contributed by atoms with Crippen molar-refractivity contribution in [2.24, 2.45) is 0 Å². The molecule has 3 rings (SSSR count). The molecule has 0 aliphatic carbocycles. The van der Waals surface area contributed by atoms with E-state index in [2.05, 4.69) is 28.5 Å². The molecule has 1 unspecified atom stereocenters. The summed E-state index contributed by atoms with van der Waals surface area (Å²) in [4.78, 5) is 0. The summed E-state index contributed by atoms with van der Waals surface area (Å²) >= 11 is 13.6. The molecule has 1 atom stereocenters. The van der Waals surface area contributed by atoms with Crippen LogP contribution in [0.3, 0.4) is 0 Å². The molecular formula is C15H13Cl2N3S. The van der Waals surface area contributed by atoms with Gasteiger partial charge in [-0.2, -0.15) is 5.10 Å². The summed E-state index contributed by atoms with van der Waals surface area (Å²) in [5.41, 5.74) is 4.11. The van der Waals surface area contributed by atoms with Crippen LogP contribution in [0.15, 0.2) is 42.6 Å². The number of aromatic amines is 1. The Bertz CT molecular complexity index is 737. The average Bonchev–Trinajstić information content (AvgIpc) is 3.08. The molecule has 2 aromatic heterocycles. The van der Waals surface area contributed by atoms with E-state index in [4.69, 9.17) is 23.2 Å². The quantitative estimate of drug-likeness (QED) is 0.648. The van der Waals surface area contributed by atoms with Crippen molar-refractivity contribution in [2.75, 3.05) is 5.32 Å². The molecule has 2 N–H and O–H groups in total. The van der Waals surface area contributed by atoms with Crippen molar-refractivity contribution in [2.45, 2.75) is 13.0 Å². The smallest absolute Gasteiger partial charge is 0.0996 e. The molecular weight excluding hydrogens is 325 g/mol. The monoisotopic (exact) mass is 337 g/mol. The van der Waals surface area contributed by atoms with Crippen molar-refractivity contribution >= 4 is 40.2 Å². The topological polar surface area (TPSA) is 40.7 Å². The fourth-order valence-electron chi connectivity index (χ4n) is 2.17. The molecule has 0 saturated carbocycles. The highest BCUT2D eigenvalue weighted by atomic mass is 35.5. The lowest BCUT2D eigenvalue weighted by Crippen LogP contribution is -2.05. The first-order valence-corrected chi connectivity index (χ1v) is 8.02. The van der Waals surface area contributed by atoms with Gasteiger partial charge in [-0.15, -0.1) is 11.3 Å². The van der Waals surface area contributed by atoms with Gasteiger partial charge in [0.2, 0.25) is 0 Å². The van der Waals surface area contributed by atoms with Crippen molar-refractivity contribution in [3.8, 4) is 11.3 Å². The van der Waals surface area contributed by atoms with Crippen LogP contribution >= 0.6 is 34.5 Å². The van der Waals surface area contributed by atoms with E-state index in [9.17, 15) is 0 Å². The zero-order chi connectivity index (χ0) is 14.8. The molecule has 0 amide bonds. The van der Waals surface area contributed by atoms with Crippen molar-refractivity contribution in [3.63, 3.8) is 0 Å². The normalized spacial score (nSPS) is 12.3. The third-order valence-corrected chi connectivity index (χ3v) is 4.73. The zero-order valence-corrected chi connectivity index (χ0v) is 13.6. The number of hydrogen-bond donors (Lipinski definition) is 2. The second-order valence-corrected chi connectivity index (χ2v) is 6.98. The molecule has 0 fully saturated rings. The van der Waals surface area contributed by atoms with Crippen LogP contribution in [-0.4, -0.2) is 10.2 Å². The lowest BCUT2D eigenvalue weighted by Gasteiger charge is -2.15. The van der Waals surface area contributed by atoms with Gasteiger partial charge < -0.3 is 5.32 Å². The molecule has 0 spiro atoms. The van der Waals surface area contributed by atoms with Gasteiger partial charge in [0.15, 0.2) is 0 Å². The van der Waals surface area contributed by atoms with Gasteiger partial charge in [0.25, 0.3) is 0 Å². The van der Waals surface area contributed by atoms with Gasteiger partial charge in [-0.25, -0.2) is 0 Å². The van der Waals surface area contributed by atoms with E-state index in [-0.39, 0.29) is 6.04 Å². The summed E-state index contributed by atoms with van der Waals surface area (Å²) in [6, 6.07) is 12.1. The number of nitrogens with zero attached hydrogens (tertiary/aromatic N) is 1. The molecule has 0 saturated heterocycles. The summed E-state index contributed by atoms with van der Waals surface area (Å²) in [5, 5.41) is 10.4. The highest BCUT2D eigenvalue weighted by Crippen LogP contribution is 2.36. The van der Waals surface area contributed by atoms with Gasteiger partial charge in [-0.1, -0.05) is 35.3 Å². The number of anilines is 1. The van der Waals surface area contributed by atoms with E-state index in [1.165, 1.54) is 11.3 Å². The third kappa shape index (κ3) is 3.23. The summed E-state index contributed by atoms with van der Waals surface area (Å²) in [6.07, 6.45) is 1.74. The maximum Gasteiger partial charge on any atom is 0.0996 e. The molecule has 6 heteroatoms. The number of halogens is 2. The number of nitrogens with one attached hydrogen (secondary N) is 2. The fourth-order valence-corrected chi connectivity index (χ4v) is 3.81. The minimum Gasteiger partial charge on any atom is -0.378 e. The summed E-state index contributed by atoms with van der Waals surface area (Å²) in [7, 11) is 0. The maximum atomic E-state index is 6.20. The maximum absolute atomic E-state index is 6.20. The molecule has 21 heavy (non-hydrogen) atoms. The van der Waals surface area contributed by atoms with E-state index in [0.717, 1.165) is 26.8 Å².